The van der Waals surface area contributed by atoms with Crippen LogP contribution in [-0.4, -0.2) is 13.1 Å². The van der Waals surface area contributed by atoms with Crippen LogP contribution in [0.1, 0.15) is 13.8 Å². The maximum absolute atomic E-state index is 11.2. The normalized spacial score (nSPS) is 32.0. The molecular weight excluding hydrogens is 220 g/mol. The van der Waals surface area contributed by atoms with E-state index < -0.39 is 0 Å². The molecule has 0 aromatic carbocycles. The van der Waals surface area contributed by atoms with Crippen molar-refractivity contribution in [3.05, 3.63) is 11.1 Å². The Balaban J connectivity index is 2.66. The monoisotopic (exact) mass is 232 g/mol. The van der Waals surface area contributed by atoms with E-state index in [2.05, 4.69) is 29.8 Å². The van der Waals surface area contributed by atoms with Gasteiger partial charge >= 0.3 is 5.97 Å². The molecule has 2 atom stereocenters. The van der Waals surface area contributed by atoms with Gasteiger partial charge in [0, 0.05) is 0 Å². The molecule has 1 fully saturated rings. The number of hydrogen-bond acceptors (Lipinski definition) is 2. The first-order chi connectivity index (χ1) is 5.55. The van der Waals surface area contributed by atoms with E-state index in [1.165, 1.54) is 7.11 Å². The van der Waals surface area contributed by atoms with Crippen LogP contribution in [0.4, 0.5) is 0 Å². The van der Waals surface area contributed by atoms with E-state index in [0.29, 0.717) is 5.92 Å². The molecule has 1 aliphatic rings. The number of methoxy groups -OCH3 is 1. The maximum Gasteiger partial charge on any atom is 0.309 e. The van der Waals surface area contributed by atoms with E-state index in [0.717, 1.165) is 0 Å². The Labute approximate surface area is 81.1 Å². The first-order valence-electron chi connectivity index (χ1n) is 3.90. The first-order valence-corrected chi connectivity index (χ1v) is 4.82. The summed E-state index contributed by atoms with van der Waals surface area (Å²) < 4.78 is 4.70. The molecular formula is C9H13BrO2. The second-order valence-corrected chi connectivity index (χ2v) is 4.20. The maximum atomic E-state index is 11.2. The van der Waals surface area contributed by atoms with Gasteiger partial charge < -0.3 is 4.74 Å². The Morgan fingerprint density at radius 3 is 2.58 bits per heavy atom. The Kier molecular flexibility index (Phi) is 2.61. The molecule has 68 valence electrons. The summed E-state index contributed by atoms with van der Waals surface area (Å²) in [5.74, 6) is 0.260. The van der Waals surface area contributed by atoms with E-state index in [9.17, 15) is 4.79 Å². The topological polar surface area (TPSA) is 26.3 Å². The van der Waals surface area contributed by atoms with E-state index in [1.54, 1.807) is 0 Å². The minimum absolute atomic E-state index is 0.0382. The van der Waals surface area contributed by atoms with Gasteiger partial charge in [-0.1, -0.05) is 35.9 Å². The van der Waals surface area contributed by atoms with Gasteiger partial charge in [0.2, 0.25) is 0 Å². The van der Waals surface area contributed by atoms with E-state index >= 15 is 0 Å². The number of rotatable bonds is 2. The average Bonchev–Trinajstić information content (AvgIpc) is 2.53. The van der Waals surface area contributed by atoms with Crippen molar-refractivity contribution in [2.24, 2.45) is 17.3 Å². The van der Waals surface area contributed by atoms with Crippen molar-refractivity contribution in [3.8, 4) is 0 Å². The molecule has 0 heterocycles. The summed E-state index contributed by atoms with van der Waals surface area (Å²) in [6, 6.07) is 0. The SMILES string of the molecule is COC(=O)C1C(C=CBr)C1(C)C. The minimum Gasteiger partial charge on any atom is -0.469 e. The zero-order valence-corrected chi connectivity index (χ0v) is 9.09. The van der Waals surface area contributed by atoms with Crippen LogP contribution >= 0.6 is 15.9 Å². The fraction of sp³-hybridized carbons (Fsp3) is 0.667. The van der Waals surface area contributed by atoms with Crippen LogP contribution in [0.2, 0.25) is 0 Å². The molecule has 0 N–H and O–H groups in total. The Morgan fingerprint density at radius 2 is 2.17 bits per heavy atom. The van der Waals surface area contributed by atoms with E-state index in [1.807, 2.05) is 11.1 Å². The van der Waals surface area contributed by atoms with Gasteiger partial charge in [0.25, 0.3) is 0 Å². The van der Waals surface area contributed by atoms with E-state index in [-0.39, 0.29) is 17.3 Å². The van der Waals surface area contributed by atoms with Crippen LogP contribution in [-0.2, 0) is 9.53 Å². The molecule has 0 aromatic rings. The van der Waals surface area contributed by atoms with Crippen molar-refractivity contribution in [2.75, 3.05) is 7.11 Å². The van der Waals surface area contributed by atoms with Crippen LogP contribution in [0.15, 0.2) is 11.1 Å². The molecule has 1 aliphatic carbocycles. The van der Waals surface area contributed by atoms with Crippen LogP contribution in [0.25, 0.3) is 0 Å². The lowest BCUT2D eigenvalue weighted by Gasteiger charge is -1.98. The molecule has 2 unspecified atom stereocenters. The highest BCUT2D eigenvalue weighted by Crippen LogP contribution is 2.59. The lowest BCUT2D eigenvalue weighted by molar-refractivity contribution is -0.143. The van der Waals surface area contributed by atoms with Crippen molar-refractivity contribution < 1.29 is 9.53 Å². The van der Waals surface area contributed by atoms with Crippen LogP contribution in [0.5, 0.6) is 0 Å². The second-order valence-electron chi connectivity index (χ2n) is 3.67. The third-order valence-electron chi connectivity index (χ3n) is 2.65. The molecule has 0 bridgehead atoms. The van der Waals surface area contributed by atoms with Crippen LogP contribution < -0.4 is 0 Å². The quantitative estimate of drug-likeness (QED) is 0.684. The first kappa shape index (κ1) is 9.78. The average molecular weight is 233 g/mol. The van der Waals surface area contributed by atoms with Gasteiger partial charge in [0.1, 0.15) is 0 Å². The van der Waals surface area contributed by atoms with Gasteiger partial charge in [-0.25, -0.2) is 0 Å². The third-order valence-corrected chi connectivity index (χ3v) is 2.95. The zero-order valence-electron chi connectivity index (χ0n) is 7.50. The number of carbonyl (C=O) groups is 1. The fourth-order valence-electron chi connectivity index (χ4n) is 1.69. The van der Waals surface area contributed by atoms with Crippen molar-refractivity contribution >= 4 is 21.9 Å². The van der Waals surface area contributed by atoms with Gasteiger partial charge in [-0.2, -0.15) is 0 Å². The number of ether oxygens (including phenoxy) is 1. The summed E-state index contributed by atoms with van der Waals surface area (Å²) in [6.45, 7) is 4.15. The van der Waals surface area contributed by atoms with Gasteiger partial charge in [0.15, 0.2) is 0 Å². The highest BCUT2D eigenvalue weighted by atomic mass is 79.9. The predicted molar refractivity (Wildman–Crippen MR) is 50.8 cm³/mol. The second kappa shape index (κ2) is 3.21. The zero-order chi connectivity index (χ0) is 9.35. The molecule has 0 spiro atoms. The lowest BCUT2D eigenvalue weighted by atomic mass is 10.1. The van der Waals surface area contributed by atoms with Crippen LogP contribution in [0.3, 0.4) is 0 Å². The van der Waals surface area contributed by atoms with Crippen molar-refractivity contribution in [1.82, 2.24) is 0 Å². The molecule has 1 rings (SSSR count). The Morgan fingerprint density at radius 1 is 1.58 bits per heavy atom. The van der Waals surface area contributed by atoms with Crippen LogP contribution in [0, 0.1) is 17.3 Å². The fourth-order valence-corrected chi connectivity index (χ4v) is 2.02. The Hall–Kier alpha value is -0.310. The summed E-state index contributed by atoms with van der Waals surface area (Å²) >= 11 is 3.21. The smallest absolute Gasteiger partial charge is 0.309 e. The number of hydrogen-bond donors (Lipinski definition) is 0. The standard InChI is InChI=1S/C9H13BrO2/c1-9(2)6(4-5-10)7(9)8(11)12-3/h4-7H,1-3H3. The molecule has 0 amide bonds. The number of carbonyl (C=O) groups excluding carboxylic acids is 1. The number of allylic oxidation sites excluding steroid dienone is 1. The molecule has 0 radical (unpaired) electrons. The molecule has 1 saturated carbocycles. The highest BCUT2D eigenvalue weighted by Gasteiger charge is 2.61. The Bertz CT molecular complexity index is 221. The van der Waals surface area contributed by atoms with Gasteiger partial charge in [-0.05, 0) is 16.3 Å². The summed E-state index contributed by atoms with van der Waals surface area (Å²) in [4.78, 5) is 13.0. The van der Waals surface area contributed by atoms with E-state index in [4.69, 9.17) is 4.74 Å². The summed E-state index contributed by atoms with van der Waals surface area (Å²) in [7, 11) is 1.44. The molecule has 12 heavy (non-hydrogen) atoms. The molecule has 0 aromatic heterocycles. The predicted octanol–water partition coefficient (Wildman–Crippen LogP) is 2.34. The summed E-state index contributed by atoms with van der Waals surface area (Å²) in [6.07, 6.45) is 2.00. The van der Waals surface area contributed by atoms with Gasteiger partial charge in [-0.3, -0.25) is 4.79 Å². The van der Waals surface area contributed by atoms with Gasteiger partial charge in [-0.15, -0.1) is 0 Å². The summed E-state index contributed by atoms with van der Waals surface area (Å²) in [5.41, 5.74) is 0.0668. The highest BCUT2D eigenvalue weighted by molar-refractivity contribution is 9.11. The lowest BCUT2D eigenvalue weighted by Crippen LogP contribution is -2.07. The molecule has 0 aliphatic heterocycles. The van der Waals surface area contributed by atoms with Crippen molar-refractivity contribution in [3.63, 3.8) is 0 Å². The van der Waals surface area contributed by atoms with Gasteiger partial charge in [0.05, 0.1) is 13.0 Å². The van der Waals surface area contributed by atoms with Crippen molar-refractivity contribution in [2.45, 2.75) is 13.8 Å². The number of halogens is 1. The van der Waals surface area contributed by atoms with Crippen molar-refractivity contribution in [1.29, 1.82) is 0 Å². The number of esters is 1. The molecule has 3 heteroatoms. The largest absolute Gasteiger partial charge is 0.469 e. The summed E-state index contributed by atoms with van der Waals surface area (Å²) in [5, 5.41) is 0. The molecule has 0 saturated heterocycles. The minimum atomic E-state index is -0.101. The third kappa shape index (κ3) is 1.42. The molecule has 2 nitrogen and oxygen atoms in total.